The van der Waals surface area contributed by atoms with Crippen LogP contribution in [-0.4, -0.2) is 18.0 Å². The maximum absolute atomic E-state index is 13.6. The van der Waals surface area contributed by atoms with Crippen molar-refractivity contribution in [1.82, 2.24) is 5.32 Å². The van der Waals surface area contributed by atoms with Crippen molar-refractivity contribution in [2.45, 2.75) is 31.7 Å². The number of amides is 3. The van der Waals surface area contributed by atoms with Crippen LogP contribution in [0.15, 0.2) is 18.2 Å². The molecule has 2 rings (SSSR count). The maximum atomic E-state index is 13.6. The van der Waals surface area contributed by atoms with Crippen molar-refractivity contribution in [3.05, 3.63) is 29.6 Å². The first-order valence-corrected chi connectivity index (χ1v) is 6.23. The van der Waals surface area contributed by atoms with Gasteiger partial charge in [0.2, 0.25) is 5.91 Å². The lowest BCUT2D eigenvalue weighted by Crippen LogP contribution is -2.36. The third-order valence-electron chi connectivity index (χ3n) is 3.19. The Hall–Kier alpha value is -2.11. The molecular weight excluding hydrogens is 249 g/mol. The standard InChI is InChI=1S/C13H16FN3O2/c14-10-7-8(12(15)18)5-6-11(10)17-13(19)16-9-3-1-2-4-9/h5-7,9H,1-4H2,(H2,15,18)(H2,16,17,19). The average molecular weight is 265 g/mol. The van der Waals surface area contributed by atoms with Crippen molar-refractivity contribution < 1.29 is 14.0 Å². The summed E-state index contributed by atoms with van der Waals surface area (Å²) >= 11 is 0. The van der Waals surface area contributed by atoms with Gasteiger partial charge >= 0.3 is 6.03 Å². The number of benzene rings is 1. The molecule has 5 nitrogen and oxygen atoms in total. The lowest BCUT2D eigenvalue weighted by atomic mass is 10.2. The smallest absolute Gasteiger partial charge is 0.319 e. The van der Waals surface area contributed by atoms with E-state index < -0.39 is 17.8 Å². The fourth-order valence-corrected chi connectivity index (χ4v) is 2.18. The summed E-state index contributed by atoms with van der Waals surface area (Å²) < 4.78 is 13.6. The van der Waals surface area contributed by atoms with Crippen LogP contribution in [0.25, 0.3) is 0 Å². The van der Waals surface area contributed by atoms with Crippen molar-refractivity contribution >= 4 is 17.6 Å². The molecule has 0 radical (unpaired) electrons. The van der Waals surface area contributed by atoms with Crippen LogP contribution < -0.4 is 16.4 Å². The van der Waals surface area contributed by atoms with Gasteiger partial charge < -0.3 is 16.4 Å². The largest absolute Gasteiger partial charge is 0.366 e. The van der Waals surface area contributed by atoms with Crippen molar-refractivity contribution in [3.8, 4) is 0 Å². The second-order valence-electron chi connectivity index (χ2n) is 4.64. The average Bonchev–Trinajstić information content (AvgIpc) is 2.84. The summed E-state index contributed by atoms with van der Waals surface area (Å²) in [5, 5.41) is 5.21. The van der Waals surface area contributed by atoms with E-state index in [1.54, 1.807) is 0 Å². The third-order valence-corrected chi connectivity index (χ3v) is 3.19. The van der Waals surface area contributed by atoms with Gasteiger partial charge in [-0.3, -0.25) is 4.79 Å². The Kier molecular flexibility index (Phi) is 3.99. The van der Waals surface area contributed by atoms with Crippen LogP contribution >= 0.6 is 0 Å². The number of anilines is 1. The van der Waals surface area contributed by atoms with Crippen LogP contribution in [0.2, 0.25) is 0 Å². The molecule has 0 bridgehead atoms. The fourth-order valence-electron chi connectivity index (χ4n) is 2.18. The Morgan fingerprint density at radius 2 is 1.95 bits per heavy atom. The molecule has 0 atom stereocenters. The van der Waals surface area contributed by atoms with Crippen molar-refractivity contribution in [2.75, 3.05) is 5.32 Å². The molecule has 0 heterocycles. The van der Waals surface area contributed by atoms with Gasteiger partial charge in [0.15, 0.2) is 0 Å². The highest BCUT2D eigenvalue weighted by Crippen LogP contribution is 2.19. The number of rotatable bonds is 3. The number of carbonyl (C=O) groups excluding carboxylic acids is 2. The van der Waals surface area contributed by atoms with Crippen LogP contribution in [0.1, 0.15) is 36.0 Å². The molecule has 1 aliphatic rings. The quantitative estimate of drug-likeness (QED) is 0.780. The molecule has 4 N–H and O–H groups in total. The van der Waals surface area contributed by atoms with E-state index >= 15 is 0 Å². The van der Waals surface area contributed by atoms with Gasteiger partial charge in [-0.1, -0.05) is 12.8 Å². The zero-order valence-corrected chi connectivity index (χ0v) is 10.4. The number of halogens is 1. The highest BCUT2D eigenvalue weighted by atomic mass is 19.1. The zero-order chi connectivity index (χ0) is 13.8. The predicted octanol–water partition coefficient (Wildman–Crippen LogP) is 1.99. The number of nitrogens with two attached hydrogens (primary N) is 1. The summed E-state index contributed by atoms with van der Waals surface area (Å²) in [6.45, 7) is 0. The van der Waals surface area contributed by atoms with Crippen LogP contribution in [0.4, 0.5) is 14.9 Å². The van der Waals surface area contributed by atoms with Gasteiger partial charge in [0.1, 0.15) is 5.82 Å². The van der Waals surface area contributed by atoms with E-state index in [0.717, 1.165) is 31.7 Å². The maximum Gasteiger partial charge on any atom is 0.319 e. The zero-order valence-electron chi connectivity index (χ0n) is 10.4. The predicted molar refractivity (Wildman–Crippen MR) is 69.3 cm³/mol. The molecule has 102 valence electrons. The molecule has 0 aliphatic heterocycles. The molecule has 0 spiro atoms. The first kappa shape index (κ1) is 13.3. The number of hydrogen-bond donors (Lipinski definition) is 3. The molecule has 1 aliphatic carbocycles. The van der Waals surface area contributed by atoms with Crippen molar-refractivity contribution in [3.63, 3.8) is 0 Å². The number of primary amides is 1. The number of urea groups is 1. The van der Waals surface area contributed by atoms with Gasteiger partial charge in [0.05, 0.1) is 5.69 Å². The molecule has 1 aromatic rings. The molecule has 3 amide bonds. The number of carbonyl (C=O) groups is 2. The summed E-state index contributed by atoms with van der Waals surface area (Å²) in [6, 6.07) is 3.43. The van der Waals surface area contributed by atoms with Gasteiger partial charge in [-0.25, -0.2) is 9.18 Å². The Balaban J connectivity index is 1.98. The highest BCUT2D eigenvalue weighted by molar-refractivity contribution is 5.94. The highest BCUT2D eigenvalue weighted by Gasteiger charge is 2.17. The summed E-state index contributed by atoms with van der Waals surface area (Å²) in [6.07, 6.45) is 4.12. The minimum Gasteiger partial charge on any atom is -0.366 e. The van der Waals surface area contributed by atoms with Crippen LogP contribution in [-0.2, 0) is 0 Å². The summed E-state index contributed by atoms with van der Waals surface area (Å²) in [5.41, 5.74) is 5.13. The van der Waals surface area contributed by atoms with Gasteiger partial charge in [-0.15, -0.1) is 0 Å². The van der Waals surface area contributed by atoms with E-state index in [-0.39, 0.29) is 17.3 Å². The van der Waals surface area contributed by atoms with Crippen LogP contribution in [0, 0.1) is 5.82 Å². The normalized spacial score (nSPS) is 15.2. The van der Waals surface area contributed by atoms with Gasteiger partial charge in [-0.05, 0) is 31.0 Å². The Morgan fingerprint density at radius 1 is 1.26 bits per heavy atom. The Labute approximate surface area is 110 Å². The Morgan fingerprint density at radius 3 is 2.53 bits per heavy atom. The lowest BCUT2D eigenvalue weighted by molar-refractivity contribution is 0.1000. The van der Waals surface area contributed by atoms with Crippen LogP contribution in [0.5, 0.6) is 0 Å². The fraction of sp³-hybridized carbons (Fsp3) is 0.385. The molecule has 19 heavy (non-hydrogen) atoms. The molecule has 1 saturated carbocycles. The van der Waals surface area contributed by atoms with E-state index in [0.29, 0.717) is 0 Å². The molecule has 1 aromatic carbocycles. The minimum atomic E-state index is -0.708. The van der Waals surface area contributed by atoms with Crippen molar-refractivity contribution in [2.24, 2.45) is 5.73 Å². The number of hydrogen-bond acceptors (Lipinski definition) is 2. The molecule has 0 saturated heterocycles. The molecule has 6 heteroatoms. The summed E-state index contributed by atoms with van der Waals surface area (Å²) in [7, 11) is 0. The van der Waals surface area contributed by atoms with E-state index in [1.165, 1.54) is 12.1 Å². The molecule has 0 aromatic heterocycles. The van der Waals surface area contributed by atoms with E-state index in [9.17, 15) is 14.0 Å². The van der Waals surface area contributed by atoms with Gasteiger partial charge in [0.25, 0.3) is 0 Å². The first-order valence-electron chi connectivity index (χ1n) is 6.23. The van der Waals surface area contributed by atoms with Crippen LogP contribution in [0.3, 0.4) is 0 Å². The molecule has 1 fully saturated rings. The Bertz CT molecular complexity index is 499. The minimum absolute atomic E-state index is 0.0282. The molecular formula is C13H16FN3O2. The van der Waals surface area contributed by atoms with E-state index in [4.69, 9.17) is 5.73 Å². The molecule has 0 unspecified atom stereocenters. The monoisotopic (exact) mass is 265 g/mol. The van der Waals surface area contributed by atoms with Crippen molar-refractivity contribution in [1.29, 1.82) is 0 Å². The summed E-state index contributed by atoms with van der Waals surface area (Å²) in [5.74, 6) is -1.39. The van der Waals surface area contributed by atoms with E-state index in [1.807, 2.05) is 0 Å². The second-order valence-corrected chi connectivity index (χ2v) is 4.64. The third kappa shape index (κ3) is 3.43. The number of nitrogens with one attached hydrogen (secondary N) is 2. The second kappa shape index (κ2) is 5.69. The summed E-state index contributed by atoms with van der Waals surface area (Å²) in [4.78, 5) is 22.5. The lowest BCUT2D eigenvalue weighted by Gasteiger charge is -2.13. The van der Waals surface area contributed by atoms with Gasteiger partial charge in [0, 0.05) is 11.6 Å². The topological polar surface area (TPSA) is 84.2 Å². The first-order chi connectivity index (χ1) is 9.06. The van der Waals surface area contributed by atoms with E-state index in [2.05, 4.69) is 10.6 Å². The van der Waals surface area contributed by atoms with Gasteiger partial charge in [-0.2, -0.15) is 0 Å². The SMILES string of the molecule is NC(=O)c1ccc(NC(=O)NC2CCCC2)c(F)c1.